The summed E-state index contributed by atoms with van der Waals surface area (Å²) in [5, 5.41) is 7.57. The zero-order valence-electron chi connectivity index (χ0n) is 27.5. The lowest BCUT2D eigenvalue weighted by atomic mass is 10.0. The van der Waals surface area contributed by atoms with Crippen molar-refractivity contribution in [1.29, 1.82) is 0 Å². The molecule has 0 aliphatic carbocycles. The Labute approximate surface area is 297 Å². The predicted molar refractivity (Wildman–Crippen MR) is 217 cm³/mol. The van der Waals surface area contributed by atoms with Crippen molar-refractivity contribution in [2.24, 2.45) is 0 Å². The van der Waals surface area contributed by atoms with Crippen molar-refractivity contribution in [2.75, 3.05) is 0 Å². The van der Waals surface area contributed by atoms with E-state index in [-0.39, 0.29) is 0 Å². The molecule has 4 aromatic heterocycles. The van der Waals surface area contributed by atoms with Gasteiger partial charge in [-0.2, -0.15) is 0 Å². The fourth-order valence-corrected chi connectivity index (χ4v) is 9.12. The molecule has 0 spiro atoms. The molecule has 0 aliphatic heterocycles. The lowest BCUT2D eigenvalue weighted by molar-refractivity contribution is 1.14. The molecular formula is C47H29N3S. The lowest BCUT2D eigenvalue weighted by Crippen LogP contribution is -1.95. The first-order valence-electron chi connectivity index (χ1n) is 17.3. The Morgan fingerprint density at radius 2 is 0.863 bits per heavy atom. The van der Waals surface area contributed by atoms with E-state index in [0.717, 1.165) is 16.8 Å². The van der Waals surface area contributed by atoms with Gasteiger partial charge in [-0.25, -0.2) is 0 Å². The van der Waals surface area contributed by atoms with E-state index >= 15 is 0 Å². The zero-order valence-corrected chi connectivity index (χ0v) is 28.3. The molecule has 11 rings (SSSR count). The van der Waals surface area contributed by atoms with Crippen LogP contribution in [-0.2, 0) is 0 Å². The molecule has 3 nitrogen and oxygen atoms in total. The number of thiophene rings is 1. The highest BCUT2D eigenvalue weighted by molar-refractivity contribution is 7.25. The minimum Gasteiger partial charge on any atom is -0.309 e. The van der Waals surface area contributed by atoms with Gasteiger partial charge in [0.2, 0.25) is 0 Å². The van der Waals surface area contributed by atoms with E-state index in [0.29, 0.717) is 0 Å². The van der Waals surface area contributed by atoms with E-state index in [2.05, 4.69) is 173 Å². The van der Waals surface area contributed by atoms with Gasteiger partial charge in [0.25, 0.3) is 0 Å². The number of nitrogens with zero attached hydrogens (tertiary/aromatic N) is 3. The molecule has 0 unspecified atom stereocenters. The molecule has 0 aliphatic rings. The van der Waals surface area contributed by atoms with E-state index in [1.165, 1.54) is 80.6 Å². The number of pyridine rings is 1. The number of aromatic nitrogens is 3. The normalized spacial score (nSPS) is 11.9. The van der Waals surface area contributed by atoms with Crippen LogP contribution in [0.15, 0.2) is 176 Å². The third-order valence-electron chi connectivity index (χ3n) is 10.4. The standard InChI is InChI=1S/C47H29N3S/c1-2-10-30(11-3-1)31-18-21-45-39(25-31)38-14-6-9-17-44(38)49(45)34-20-23-47-41(27-34)40-26-32(19-22-46(40)51-47)33-24-35(29-48-28-33)50-42-15-7-4-12-36(42)37-13-5-8-16-43(37)50/h1-29H. The van der Waals surface area contributed by atoms with Crippen molar-refractivity contribution in [3.8, 4) is 33.6 Å². The first kappa shape index (κ1) is 28.4. The van der Waals surface area contributed by atoms with Gasteiger partial charge in [-0.1, -0.05) is 97.1 Å². The van der Waals surface area contributed by atoms with Crippen molar-refractivity contribution < 1.29 is 0 Å². The van der Waals surface area contributed by atoms with Gasteiger partial charge >= 0.3 is 0 Å². The molecular weight excluding hydrogens is 639 g/mol. The molecule has 0 saturated carbocycles. The largest absolute Gasteiger partial charge is 0.309 e. The minimum absolute atomic E-state index is 1.06. The van der Waals surface area contributed by atoms with Gasteiger partial charge in [-0.15, -0.1) is 11.3 Å². The van der Waals surface area contributed by atoms with Crippen LogP contribution >= 0.6 is 11.3 Å². The van der Waals surface area contributed by atoms with E-state index in [9.17, 15) is 0 Å². The first-order chi connectivity index (χ1) is 25.3. The number of hydrogen-bond acceptors (Lipinski definition) is 2. The topological polar surface area (TPSA) is 22.8 Å². The molecule has 0 atom stereocenters. The summed E-state index contributed by atoms with van der Waals surface area (Å²) in [6, 6.07) is 59.6. The van der Waals surface area contributed by atoms with Crippen molar-refractivity contribution >= 4 is 75.1 Å². The van der Waals surface area contributed by atoms with Crippen LogP contribution in [0.25, 0.3) is 97.4 Å². The smallest absolute Gasteiger partial charge is 0.0651 e. The fraction of sp³-hybridized carbons (Fsp3) is 0. The molecule has 4 heterocycles. The van der Waals surface area contributed by atoms with Crippen LogP contribution in [0.1, 0.15) is 0 Å². The summed E-state index contributed by atoms with van der Waals surface area (Å²) < 4.78 is 7.33. The van der Waals surface area contributed by atoms with Crippen LogP contribution in [0.3, 0.4) is 0 Å². The lowest BCUT2D eigenvalue weighted by Gasteiger charge is -2.10. The highest BCUT2D eigenvalue weighted by Crippen LogP contribution is 2.40. The third-order valence-corrected chi connectivity index (χ3v) is 11.5. The predicted octanol–water partition coefficient (Wildman–Crippen LogP) is 13.0. The average Bonchev–Trinajstić information content (AvgIpc) is 3.85. The second-order valence-electron chi connectivity index (χ2n) is 13.2. The fourth-order valence-electron chi connectivity index (χ4n) is 8.05. The Kier molecular flexibility index (Phi) is 6.12. The average molecular weight is 668 g/mol. The van der Waals surface area contributed by atoms with Gasteiger partial charge < -0.3 is 9.13 Å². The van der Waals surface area contributed by atoms with Crippen molar-refractivity contribution in [3.63, 3.8) is 0 Å². The van der Waals surface area contributed by atoms with Crippen molar-refractivity contribution in [2.45, 2.75) is 0 Å². The third kappa shape index (κ3) is 4.33. The Hall–Kier alpha value is -6.49. The van der Waals surface area contributed by atoms with Gasteiger partial charge in [-0.3, -0.25) is 4.98 Å². The van der Waals surface area contributed by atoms with Gasteiger partial charge in [0.1, 0.15) is 0 Å². The zero-order chi connectivity index (χ0) is 33.5. The molecule has 0 radical (unpaired) electrons. The van der Waals surface area contributed by atoms with Gasteiger partial charge in [-0.05, 0) is 83.4 Å². The van der Waals surface area contributed by atoms with E-state index in [4.69, 9.17) is 4.98 Å². The van der Waals surface area contributed by atoms with Crippen molar-refractivity contribution in [3.05, 3.63) is 176 Å². The van der Waals surface area contributed by atoms with Crippen LogP contribution < -0.4 is 0 Å². The number of hydrogen-bond donors (Lipinski definition) is 0. The molecule has 0 N–H and O–H groups in total. The van der Waals surface area contributed by atoms with E-state index in [1.54, 1.807) is 0 Å². The molecule has 7 aromatic carbocycles. The molecule has 51 heavy (non-hydrogen) atoms. The molecule has 0 amide bonds. The maximum absolute atomic E-state index is 4.77. The van der Waals surface area contributed by atoms with Gasteiger partial charge in [0, 0.05) is 59.2 Å². The van der Waals surface area contributed by atoms with Gasteiger partial charge in [0.05, 0.1) is 34.0 Å². The van der Waals surface area contributed by atoms with E-state index in [1.807, 2.05) is 23.7 Å². The molecule has 0 fully saturated rings. The number of para-hydroxylation sites is 3. The summed E-state index contributed by atoms with van der Waals surface area (Å²) in [5.74, 6) is 0. The molecule has 0 saturated heterocycles. The Morgan fingerprint density at radius 1 is 0.333 bits per heavy atom. The van der Waals surface area contributed by atoms with Crippen LogP contribution in [0, 0.1) is 0 Å². The number of rotatable bonds is 4. The Balaban J connectivity index is 1.06. The van der Waals surface area contributed by atoms with Crippen LogP contribution in [0.4, 0.5) is 0 Å². The van der Waals surface area contributed by atoms with E-state index < -0.39 is 0 Å². The maximum atomic E-state index is 4.77. The second kappa shape index (κ2) is 11.0. The van der Waals surface area contributed by atoms with Crippen molar-refractivity contribution in [1.82, 2.24) is 14.1 Å². The van der Waals surface area contributed by atoms with Gasteiger partial charge in [0.15, 0.2) is 0 Å². The number of benzene rings is 7. The first-order valence-corrected chi connectivity index (χ1v) is 18.1. The highest BCUT2D eigenvalue weighted by Gasteiger charge is 2.16. The SMILES string of the molecule is c1ccc(-c2ccc3c(c2)c2ccccc2n3-c2ccc3sc4ccc(-c5cncc(-n6c7ccccc7c7ccccc76)c5)cc4c3c2)cc1. The summed E-state index contributed by atoms with van der Waals surface area (Å²) in [6.07, 6.45) is 3.96. The highest BCUT2D eigenvalue weighted by atomic mass is 32.1. The van der Waals surface area contributed by atoms with Crippen LogP contribution in [0.5, 0.6) is 0 Å². The molecule has 4 heteroatoms. The Bertz CT molecular complexity index is 3090. The van der Waals surface area contributed by atoms with Crippen LogP contribution in [-0.4, -0.2) is 14.1 Å². The molecule has 0 bridgehead atoms. The maximum Gasteiger partial charge on any atom is 0.0651 e. The second-order valence-corrected chi connectivity index (χ2v) is 14.3. The summed E-state index contributed by atoms with van der Waals surface area (Å²) in [4.78, 5) is 4.77. The monoisotopic (exact) mass is 667 g/mol. The molecule has 238 valence electrons. The summed E-state index contributed by atoms with van der Waals surface area (Å²) in [6.45, 7) is 0. The minimum atomic E-state index is 1.06. The summed E-state index contributed by atoms with van der Waals surface area (Å²) in [5.41, 5.74) is 11.7. The molecule has 11 aromatic rings. The quantitative estimate of drug-likeness (QED) is 0.183. The summed E-state index contributed by atoms with van der Waals surface area (Å²) >= 11 is 1.85. The van der Waals surface area contributed by atoms with Crippen LogP contribution in [0.2, 0.25) is 0 Å². The Morgan fingerprint density at radius 3 is 1.59 bits per heavy atom. The number of fused-ring (bicyclic) bond motifs is 9. The summed E-state index contributed by atoms with van der Waals surface area (Å²) in [7, 11) is 0.